The van der Waals surface area contributed by atoms with Crippen LogP contribution in [0.1, 0.15) is 32.6 Å². The topological polar surface area (TPSA) is 51.0 Å². The van der Waals surface area contributed by atoms with Crippen LogP contribution in [-0.2, 0) is 11.8 Å². The maximum Gasteiger partial charge on any atom is 0.233 e. The predicted molar refractivity (Wildman–Crippen MR) is 101 cm³/mol. The molecule has 6 heteroatoms. The van der Waals surface area contributed by atoms with E-state index in [9.17, 15) is 4.79 Å². The van der Waals surface area contributed by atoms with E-state index in [4.69, 9.17) is 0 Å². The number of carbonyl (C=O) groups is 1. The number of carbonyl (C=O) groups excluding carboxylic acids is 1. The van der Waals surface area contributed by atoms with E-state index in [1.54, 1.807) is 0 Å². The minimum absolute atomic E-state index is 0.175. The van der Waals surface area contributed by atoms with Gasteiger partial charge < -0.3 is 9.47 Å². The monoisotopic (exact) mass is 358 g/mol. The van der Waals surface area contributed by atoms with E-state index in [0.717, 1.165) is 35.3 Å². The predicted octanol–water partition coefficient (Wildman–Crippen LogP) is 3.61. The lowest BCUT2D eigenvalue weighted by molar-refractivity contribution is -0.129. The molecule has 2 aromatic rings. The van der Waals surface area contributed by atoms with Gasteiger partial charge in [-0.25, -0.2) is 0 Å². The average molecular weight is 359 g/mol. The van der Waals surface area contributed by atoms with Crippen LogP contribution in [0.15, 0.2) is 35.5 Å². The third kappa shape index (κ3) is 4.24. The summed E-state index contributed by atoms with van der Waals surface area (Å²) >= 11 is 1.46. The molecule has 25 heavy (non-hydrogen) atoms. The zero-order valence-corrected chi connectivity index (χ0v) is 16.0. The smallest absolute Gasteiger partial charge is 0.233 e. The Morgan fingerprint density at radius 1 is 1.20 bits per heavy atom. The molecule has 1 aliphatic carbocycles. The van der Waals surface area contributed by atoms with Gasteiger partial charge in [-0.1, -0.05) is 49.0 Å². The minimum Gasteiger partial charge on any atom is -0.342 e. The highest BCUT2D eigenvalue weighted by Gasteiger charge is 2.25. The van der Waals surface area contributed by atoms with Gasteiger partial charge in [-0.05, 0) is 31.6 Å². The van der Waals surface area contributed by atoms with Crippen molar-refractivity contribution in [2.75, 3.05) is 12.8 Å². The van der Waals surface area contributed by atoms with Gasteiger partial charge in [0.25, 0.3) is 0 Å². The first kappa shape index (κ1) is 18.0. The third-order valence-electron chi connectivity index (χ3n) is 5.12. The van der Waals surface area contributed by atoms with E-state index in [1.165, 1.54) is 24.6 Å². The molecule has 1 aromatic heterocycles. The molecule has 5 nitrogen and oxygen atoms in total. The Hall–Kier alpha value is -1.82. The minimum atomic E-state index is 0.175. The summed E-state index contributed by atoms with van der Waals surface area (Å²) in [6.07, 6.45) is 4.69. The number of hydrogen-bond donors (Lipinski definition) is 0. The standard InChI is InChI=1S/C19H26N4OS/c1-14-9-11-16(12-10-14)22(2)17(24)13-25-19-21-20-18(23(19)3)15-7-5-4-6-8-15/h4-8,14,16H,9-13H2,1-3H3. The van der Waals surface area contributed by atoms with Crippen LogP contribution in [0, 0.1) is 5.92 Å². The molecule has 1 heterocycles. The molecule has 1 aromatic carbocycles. The third-order valence-corrected chi connectivity index (χ3v) is 6.12. The van der Waals surface area contributed by atoms with Crippen molar-refractivity contribution in [3.8, 4) is 11.4 Å². The summed E-state index contributed by atoms with van der Waals surface area (Å²) in [5, 5.41) is 9.30. The Balaban J connectivity index is 1.58. The SMILES string of the molecule is CC1CCC(N(C)C(=O)CSc2nnc(-c3ccccc3)n2C)CC1. The number of hydrogen-bond acceptors (Lipinski definition) is 4. The Kier molecular flexibility index (Phi) is 5.78. The van der Waals surface area contributed by atoms with Crippen LogP contribution in [0.2, 0.25) is 0 Å². The van der Waals surface area contributed by atoms with Gasteiger partial charge in [-0.15, -0.1) is 10.2 Å². The van der Waals surface area contributed by atoms with Gasteiger partial charge in [0, 0.05) is 25.7 Å². The van der Waals surface area contributed by atoms with E-state index < -0.39 is 0 Å². The van der Waals surface area contributed by atoms with Crippen molar-refractivity contribution < 1.29 is 4.79 Å². The molecule has 0 atom stereocenters. The van der Waals surface area contributed by atoms with E-state index >= 15 is 0 Å². The second-order valence-electron chi connectivity index (χ2n) is 6.94. The van der Waals surface area contributed by atoms with Crippen molar-refractivity contribution in [2.45, 2.75) is 43.8 Å². The highest BCUT2D eigenvalue weighted by atomic mass is 32.2. The van der Waals surface area contributed by atoms with E-state index in [2.05, 4.69) is 17.1 Å². The first-order valence-electron chi connectivity index (χ1n) is 8.89. The summed E-state index contributed by atoms with van der Waals surface area (Å²) in [6.45, 7) is 2.30. The first-order valence-corrected chi connectivity index (χ1v) is 9.88. The largest absolute Gasteiger partial charge is 0.342 e. The van der Waals surface area contributed by atoms with E-state index in [1.807, 2.05) is 53.9 Å². The molecular formula is C19H26N4OS. The molecule has 0 aliphatic heterocycles. The summed E-state index contributed by atoms with van der Waals surface area (Å²) in [4.78, 5) is 14.5. The van der Waals surface area contributed by atoms with Gasteiger partial charge in [0.2, 0.25) is 5.91 Å². The molecule has 1 fully saturated rings. The summed E-state index contributed by atoms with van der Waals surface area (Å²) in [6, 6.07) is 10.4. The van der Waals surface area contributed by atoms with Crippen LogP contribution in [0.5, 0.6) is 0 Å². The van der Waals surface area contributed by atoms with Gasteiger partial charge in [0.05, 0.1) is 5.75 Å². The summed E-state index contributed by atoms with van der Waals surface area (Å²) in [5.41, 5.74) is 1.03. The van der Waals surface area contributed by atoms with Crippen LogP contribution >= 0.6 is 11.8 Å². The molecular weight excluding hydrogens is 332 g/mol. The fourth-order valence-electron chi connectivity index (χ4n) is 3.34. The van der Waals surface area contributed by atoms with Crippen molar-refractivity contribution in [2.24, 2.45) is 13.0 Å². The molecule has 0 unspecified atom stereocenters. The number of rotatable bonds is 5. The quantitative estimate of drug-likeness (QED) is 0.766. The molecule has 0 spiro atoms. The van der Waals surface area contributed by atoms with Gasteiger partial charge in [-0.2, -0.15) is 0 Å². The van der Waals surface area contributed by atoms with Crippen molar-refractivity contribution in [3.63, 3.8) is 0 Å². The molecule has 134 valence electrons. The van der Waals surface area contributed by atoms with Crippen molar-refractivity contribution >= 4 is 17.7 Å². The van der Waals surface area contributed by atoms with Crippen LogP contribution < -0.4 is 0 Å². The lowest BCUT2D eigenvalue weighted by Crippen LogP contribution is -2.40. The molecule has 0 radical (unpaired) electrons. The molecule has 0 saturated heterocycles. The number of benzene rings is 1. The number of thioether (sulfide) groups is 1. The highest BCUT2D eigenvalue weighted by molar-refractivity contribution is 7.99. The Bertz CT molecular complexity index is 707. The number of aromatic nitrogens is 3. The molecule has 1 aliphatic rings. The van der Waals surface area contributed by atoms with Crippen molar-refractivity contribution in [1.82, 2.24) is 19.7 Å². The second kappa shape index (κ2) is 8.04. The lowest BCUT2D eigenvalue weighted by atomic mass is 9.87. The van der Waals surface area contributed by atoms with Crippen molar-refractivity contribution in [1.29, 1.82) is 0 Å². The van der Waals surface area contributed by atoms with E-state index in [0.29, 0.717) is 11.8 Å². The highest BCUT2D eigenvalue weighted by Crippen LogP contribution is 2.27. The van der Waals surface area contributed by atoms with Crippen LogP contribution in [-0.4, -0.2) is 44.4 Å². The number of amides is 1. The van der Waals surface area contributed by atoms with E-state index in [-0.39, 0.29) is 5.91 Å². The molecule has 0 bridgehead atoms. The Morgan fingerprint density at radius 2 is 1.88 bits per heavy atom. The van der Waals surface area contributed by atoms with Crippen LogP contribution in [0.25, 0.3) is 11.4 Å². The van der Waals surface area contributed by atoms with Crippen LogP contribution in [0.3, 0.4) is 0 Å². The molecule has 3 rings (SSSR count). The maximum absolute atomic E-state index is 12.5. The Morgan fingerprint density at radius 3 is 2.56 bits per heavy atom. The van der Waals surface area contributed by atoms with Crippen molar-refractivity contribution in [3.05, 3.63) is 30.3 Å². The first-order chi connectivity index (χ1) is 12.1. The number of nitrogens with zero attached hydrogens (tertiary/aromatic N) is 4. The molecule has 1 amide bonds. The maximum atomic E-state index is 12.5. The fourth-order valence-corrected chi connectivity index (χ4v) is 4.18. The molecule has 0 N–H and O–H groups in total. The zero-order valence-electron chi connectivity index (χ0n) is 15.2. The van der Waals surface area contributed by atoms with Crippen LogP contribution in [0.4, 0.5) is 0 Å². The second-order valence-corrected chi connectivity index (χ2v) is 7.88. The summed E-state index contributed by atoms with van der Waals surface area (Å²) < 4.78 is 1.95. The summed E-state index contributed by atoms with van der Waals surface area (Å²) in [7, 11) is 3.89. The van der Waals surface area contributed by atoms with Gasteiger partial charge >= 0.3 is 0 Å². The average Bonchev–Trinajstić information content (AvgIpc) is 3.01. The summed E-state index contributed by atoms with van der Waals surface area (Å²) in [5.74, 6) is 2.20. The lowest BCUT2D eigenvalue weighted by Gasteiger charge is -2.33. The normalized spacial score (nSPS) is 20.4. The van der Waals surface area contributed by atoms with Gasteiger partial charge in [-0.3, -0.25) is 4.79 Å². The fraction of sp³-hybridized carbons (Fsp3) is 0.526. The Labute approximate surface area is 153 Å². The van der Waals surface area contributed by atoms with Gasteiger partial charge in [0.1, 0.15) is 0 Å². The van der Waals surface area contributed by atoms with Gasteiger partial charge in [0.15, 0.2) is 11.0 Å². The molecule has 1 saturated carbocycles. The zero-order chi connectivity index (χ0) is 17.8.